The van der Waals surface area contributed by atoms with E-state index in [9.17, 15) is 26.4 Å². The van der Waals surface area contributed by atoms with Crippen LogP contribution in [-0.4, -0.2) is 29.9 Å². The predicted octanol–water partition coefficient (Wildman–Crippen LogP) is 5.11. The van der Waals surface area contributed by atoms with E-state index in [2.05, 4.69) is 31.0 Å². The van der Waals surface area contributed by atoms with Crippen LogP contribution in [0.5, 0.6) is 0 Å². The van der Waals surface area contributed by atoms with E-state index >= 15 is 0 Å². The summed E-state index contributed by atoms with van der Waals surface area (Å²) in [5.41, 5.74) is -3.46. The molecule has 0 fully saturated rings. The maximum absolute atomic E-state index is 12.6. The Morgan fingerprint density at radius 1 is 1.03 bits per heavy atom. The molecule has 3 aromatic rings. The molecule has 0 aliphatic carbocycles. The van der Waals surface area contributed by atoms with Gasteiger partial charge in [-0.15, -0.1) is 10.2 Å². The Hall–Kier alpha value is -3.21. The number of benzene rings is 2. The van der Waals surface area contributed by atoms with E-state index in [4.69, 9.17) is 4.42 Å². The largest absolute Gasteiger partial charge is 0.516 e. The van der Waals surface area contributed by atoms with Gasteiger partial charge in [0.25, 0.3) is 5.89 Å². The van der Waals surface area contributed by atoms with E-state index in [0.29, 0.717) is 6.42 Å². The lowest BCUT2D eigenvalue weighted by Crippen LogP contribution is -2.29. The molecule has 2 aromatic carbocycles. The predicted molar refractivity (Wildman–Crippen MR) is 116 cm³/mol. The van der Waals surface area contributed by atoms with Crippen molar-refractivity contribution in [1.29, 1.82) is 0 Å². The number of hydrogen-bond donors (Lipinski definition) is 1. The van der Waals surface area contributed by atoms with Gasteiger partial charge in [-0.25, -0.2) is 0 Å². The summed E-state index contributed by atoms with van der Waals surface area (Å²) in [5.74, 6) is -0.749. The van der Waals surface area contributed by atoms with Crippen LogP contribution >= 0.6 is 0 Å². The van der Waals surface area contributed by atoms with Gasteiger partial charge in [0.2, 0.25) is 11.7 Å². The fraction of sp³-hybridized carbons (Fsp3) is 0.318. The van der Waals surface area contributed by atoms with Gasteiger partial charge in [0.15, 0.2) is 0 Å². The van der Waals surface area contributed by atoms with Gasteiger partial charge in [0.1, 0.15) is 0 Å². The number of rotatable bonds is 7. The summed E-state index contributed by atoms with van der Waals surface area (Å²) in [6.45, 7) is 6.33. The molecule has 0 spiro atoms. The van der Waals surface area contributed by atoms with Crippen molar-refractivity contribution in [2.24, 2.45) is 0 Å². The summed E-state index contributed by atoms with van der Waals surface area (Å²) in [6, 6.07) is 12.9. The number of sulfonamides is 1. The number of nitrogens with zero attached hydrogens (tertiary/aromatic N) is 2. The summed E-state index contributed by atoms with van der Waals surface area (Å²) in [7, 11) is -5.57. The van der Waals surface area contributed by atoms with E-state index in [1.807, 2.05) is 24.3 Å². The van der Waals surface area contributed by atoms with Crippen LogP contribution in [0.4, 0.5) is 18.9 Å². The van der Waals surface area contributed by atoms with Crippen LogP contribution in [-0.2, 0) is 21.9 Å². The van der Waals surface area contributed by atoms with Gasteiger partial charge in [-0.1, -0.05) is 51.1 Å². The van der Waals surface area contributed by atoms with Crippen molar-refractivity contribution >= 4 is 21.5 Å². The lowest BCUT2D eigenvalue weighted by Gasteiger charge is -2.19. The molecule has 0 saturated heterocycles. The Morgan fingerprint density at radius 2 is 1.70 bits per heavy atom. The van der Waals surface area contributed by atoms with E-state index in [1.54, 1.807) is 0 Å². The first-order valence-electron chi connectivity index (χ1n) is 9.92. The summed E-state index contributed by atoms with van der Waals surface area (Å²) in [6.07, 6.45) is 0.595. The van der Waals surface area contributed by atoms with Crippen LogP contribution in [0.15, 0.2) is 52.9 Å². The summed E-state index contributed by atoms with van der Waals surface area (Å²) in [4.78, 5) is 12.4. The van der Waals surface area contributed by atoms with E-state index < -0.39 is 15.5 Å². The molecule has 0 aliphatic rings. The normalized spacial score (nSPS) is 12.5. The number of aryl methyl sites for hydroxylation is 1. The smallest absolute Gasteiger partial charge is 0.414 e. The molecule has 0 bridgehead atoms. The molecule has 0 atom stereocenters. The van der Waals surface area contributed by atoms with Crippen molar-refractivity contribution in [3.05, 3.63) is 65.5 Å². The highest BCUT2D eigenvalue weighted by atomic mass is 32.2. The number of alkyl halides is 3. The number of nitrogens with one attached hydrogen (secondary N) is 1. The number of carbonyl (C=O) groups excluding carboxylic acids is 1. The number of aromatic nitrogens is 2. The minimum absolute atomic E-state index is 0.0261. The topological polar surface area (TPSA) is 102 Å². The molecule has 33 heavy (non-hydrogen) atoms. The van der Waals surface area contributed by atoms with Crippen LogP contribution in [0.25, 0.3) is 11.5 Å². The zero-order chi connectivity index (χ0) is 24.4. The third-order valence-corrected chi connectivity index (χ3v) is 5.90. The zero-order valence-corrected chi connectivity index (χ0v) is 18.9. The van der Waals surface area contributed by atoms with E-state index in [-0.39, 0.29) is 40.7 Å². The Kier molecular flexibility index (Phi) is 6.64. The second-order valence-electron chi connectivity index (χ2n) is 8.41. The van der Waals surface area contributed by atoms with Crippen molar-refractivity contribution in [3.8, 4) is 11.5 Å². The Labute approximate surface area is 189 Å². The Morgan fingerprint density at radius 3 is 2.30 bits per heavy atom. The van der Waals surface area contributed by atoms with Gasteiger partial charge in [-0.05, 0) is 41.2 Å². The quantitative estimate of drug-likeness (QED) is 0.471. The molecule has 176 valence electrons. The number of halogens is 3. The van der Waals surface area contributed by atoms with Gasteiger partial charge < -0.3 is 4.42 Å². The SMILES string of the molecule is CC(C)(C)c1ccc(CCC(=O)c2nnc(-c3cccc(NS(=O)(=O)C(F)(F)F)c3)o2)cc1. The number of Topliss-reactive ketones (excluding diaryl/α,β-unsaturated/α-hetero) is 1. The highest BCUT2D eigenvalue weighted by Crippen LogP contribution is 2.28. The maximum atomic E-state index is 12.6. The van der Waals surface area contributed by atoms with Crippen molar-refractivity contribution in [2.45, 2.75) is 44.5 Å². The zero-order valence-electron chi connectivity index (χ0n) is 18.1. The van der Waals surface area contributed by atoms with Gasteiger partial charge in [0.05, 0.1) is 0 Å². The van der Waals surface area contributed by atoms with Crippen LogP contribution in [0, 0.1) is 0 Å². The van der Waals surface area contributed by atoms with Gasteiger partial charge in [-0.3, -0.25) is 9.52 Å². The van der Waals surface area contributed by atoms with Crippen molar-refractivity contribution in [3.63, 3.8) is 0 Å². The molecule has 7 nitrogen and oxygen atoms in total. The molecule has 0 radical (unpaired) electrons. The lowest BCUT2D eigenvalue weighted by atomic mass is 9.86. The molecule has 3 rings (SSSR count). The summed E-state index contributed by atoms with van der Waals surface area (Å²) < 4.78 is 67.1. The van der Waals surface area contributed by atoms with E-state index in [0.717, 1.165) is 17.7 Å². The van der Waals surface area contributed by atoms with Crippen molar-refractivity contribution in [2.75, 3.05) is 4.72 Å². The monoisotopic (exact) mass is 481 g/mol. The highest BCUT2D eigenvalue weighted by Gasteiger charge is 2.46. The van der Waals surface area contributed by atoms with Crippen LogP contribution in [0.2, 0.25) is 0 Å². The first-order valence-corrected chi connectivity index (χ1v) is 11.4. The molecule has 1 heterocycles. The third-order valence-electron chi connectivity index (χ3n) is 4.79. The third kappa shape index (κ3) is 5.98. The molecule has 0 saturated carbocycles. The molecular weight excluding hydrogens is 459 g/mol. The minimum Gasteiger partial charge on any atom is -0.414 e. The molecule has 11 heteroatoms. The van der Waals surface area contributed by atoms with Gasteiger partial charge in [-0.2, -0.15) is 21.6 Å². The standard InChI is InChI=1S/C22H22F3N3O4S/c1-21(2,3)16-10-7-14(8-11-16)9-12-18(29)20-27-26-19(32-20)15-5-4-6-17(13-15)28-33(30,31)22(23,24)25/h4-8,10-11,13,28H,9,12H2,1-3H3. The number of hydrogen-bond acceptors (Lipinski definition) is 6. The average molecular weight is 481 g/mol. The molecule has 1 aromatic heterocycles. The fourth-order valence-electron chi connectivity index (χ4n) is 2.92. The molecule has 0 amide bonds. The second kappa shape index (κ2) is 8.97. The summed E-state index contributed by atoms with van der Waals surface area (Å²) >= 11 is 0. The van der Waals surface area contributed by atoms with Gasteiger partial charge in [0, 0.05) is 17.7 Å². The molecular formula is C22H22F3N3O4S. The van der Waals surface area contributed by atoms with E-state index in [1.165, 1.54) is 22.4 Å². The van der Waals surface area contributed by atoms with Crippen molar-refractivity contribution < 1.29 is 30.8 Å². The fourth-order valence-corrected chi connectivity index (χ4v) is 3.47. The Bertz CT molecular complexity index is 1240. The van der Waals surface area contributed by atoms with Crippen LogP contribution < -0.4 is 4.72 Å². The summed E-state index contributed by atoms with van der Waals surface area (Å²) in [5, 5.41) is 7.46. The van der Waals surface area contributed by atoms with Crippen LogP contribution in [0.1, 0.15) is 49.0 Å². The number of ketones is 1. The highest BCUT2D eigenvalue weighted by molar-refractivity contribution is 7.93. The first kappa shape index (κ1) is 24.4. The Balaban J connectivity index is 1.68. The molecule has 0 aliphatic heterocycles. The van der Waals surface area contributed by atoms with Crippen LogP contribution in [0.3, 0.4) is 0 Å². The van der Waals surface area contributed by atoms with Gasteiger partial charge >= 0.3 is 15.5 Å². The maximum Gasteiger partial charge on any atom is 0.516 e. The molecule has 1 N–H and O–H groups in total. The van der Waals surface area contributed by atoms with Crippen molar-refractivity contribution in [1.82, 2.24) is 10.2 Å². The average Bonchev–Trinajstić information content (AvgIpc) is 3.21. The number of anilines is 1. The first-order chi connectivity index (χ1) is 15.3. The minimum atomic E-state index is -5.57. The lowest BCUT2D eigenvalue weighted by molar-refractivity contribution is -0.0429. The molecule has 0 unspecified atom stereocenters. The second-order valence-corrected chi connectivity index (χ2v) is 10.1. The number of carbonyl (C=O) groups is 1.